The number of aromatic nitrogens is 2. The van der Waals surface area contributed by atoms with Crippen molar-refractivity contribution in [3.63, 3.8) is 0 Å². The molecular formula is C20H19ClN4O3S2. The third-order valence-electron chi connectivity index (χ3n) is 5.13. The Balaban J connectivity index is 1.58. The monoisotopic (exact) mass is 462 g/mol. The zero-order valence-corrected chi connectivity index (χ0v) is 18.7. The second kappa shape index (κ2) is 7.73. The fraction of sp³-hybridized carbons (Fsp3) is 0.250. The minimum Gasteiger partial charge on any atom is -0.291 e. The Hall–Kier alpha value is -2.33. The molecule has 4 rings (SSSR count). The van der Waals surface area contributed by atoms with Crippen molar-refractivity contribution in [2.75, 3.05) is 11.9 Å². The Morgan fingerprint density at radius 2 is 1.97 bits per heavy atom. The van der Waals surface area contributed by atoms with E-state index in [9.17, 15) is 13.2 Å². The summed E-state index contributed by atoms with van der Waals surface area (Å²) in [6.45, 7) is 1.56. The summed E-state index contributed by atoms with van der Waals surface area (Å²) >= 11 is 7.38. The molecule has 2 heterocycles. The minimum absolute atomic E-state index is 0.0290. The van der Waals surface area contributed by atoms with E-state index in [4.69, 9.17) is 16.7 Å². The Bertz CT molecular complexity index is 1240. The van der Waals surface area contributed by atoms with Gasteiger partial charge in [-0.1, -0.05) is 29.0 Å². The number of hydrogen-bond acceptors (Lipinski definition) is 6. The van der Waals surface area contributed by atoms with Crippen LogP contribution in [0.15, 0.2) is 40.7 Å². The number of primary sulfonamides is 1. The van der Waals surface area contributed by atoms with Gasteiger partial charge in [0.1, 0.15) is 0 Å². The number of pyridine rings is 1. The lowest BCUT2D eigenvalue weighted by molar-refractivity contribution is -0.121. The van der Waals surface area contributed by atoms with E-state index in [-0.39, 0.29) is 16.0 Å². The predicted molar refractivity (Wildman–Crippen MR) is 117 cm³/mol. The zero-order chi connectivity index (χ0) is 21.6. The molecule has 0 saturated carbocycles. The van der Waals surface area contributed by atoms with Crippen LogP contribution in [-0.2, 0) is 27.7 Å². The maximum absolute atomic E-state index is 13.1. The molecule has 30 heavy (non-hydrogen) atoms. The summed E-state index contributed by atoms with van der Waals surface area (Å²) in [7, 11) is -2.27. The molecule has 7 nitrogen and oxygen atoms in total. The zero-order valence-electron chi connectivity index (χ0n) is 16.3. The standard InChI is InChI=1S/C20H19ClN4O3S2/c1-11-19(30(22,27)28)29-20(24-11)25(2)18(26)14-7-12-9-15(16(21)10-13(12)8-14)17-5-3-4-6-23-17/h3-6,9-10,14H,7-8H2,1-2H3,(H2,22,27,28). The van der Waals surface area contributed by atoms with Gasteiger partial charge in [-0.3, -0.25) is 14.7 Å². The topological polar surface area (TPSA) is 106 Å². The van der Waals surface area contributed by atoms with Crippen molar-refractivity contribution in [2.45, 2.75) is 24.0 Å². The van der Waals surface area contributed by atoms with Crippen molar-refractivity contribution in [3.05, 3.63) is 58.4 Å². The number of rotatable bonds is 4. The van der Waals surface area contributed by atoms with Crippen LogP contribution in [0.5, 0.6) is 0 Å². The lowest BCUT2D eigenvalue weighted by Gasteiger charge is -2.18. The van der Waals surface area contributed by atoms with Crippen LogP contribution in [0.4, 0.5) is 5.13 Å². The summed E-state index contributed by atoms with van der Waals surface area (Å²) in [5.74, 6) is -0.404. The van der Waals surface area contributed by atoms with E-state index in [1.54, 1.807) is 20.2 Å². The SMILES string of the molecule is Cc1nc(N(C)C(=O)C2Cc3cc(Cl)c(-c4ccccn4)cc3C2)sc1S(N)(=O)=O. The number of nitrogens with zero attached hydrogens (tertiary/aromatic N) is 3. The van der Waals surface area contributed by atoms with Gasteiger partial charge >= 0.3 is 0 Å². The third kappa shape index (κ3) is 3.85. The van der Waals surface area contributed by atoms with Crippen molar-refractivity contribution < 1.29 is 13.2 Å². The number of halogens is 1. The number of aryl methyl sites for hydroxylation is 1. The van der Waals surface area contributed by atoms with Crippen LogP contribution in [0.3, 0.4) is 0 Å². The summed E-state index contributed by atoms with van der Waals surface area (Å²) in [4.78, 5) is 23.1. The smallest absolute Gasteiger partial charge is 0.249 e. The van der Waals surface area contributed by atoms with Crippen molar-refractivity contribution in [3.8, 4) is 11.3 Å². The number of benzene rings is 1. The van der Waals surface area contributed by atoms with E-state index in [0.717, 1.165) is 33.7 Å². The second-order valence-electron chi connectivity index (χ2n) is 7.23. The van der Waals surface area contributed by atoms with Crippen LogP contribution in [-0.4, -0.2) is 31.3 Å². The molecule has 2 N–H and O–H groups in total. The van der Waals surface area contributed by atoms with Crippen molar-refractivity contribution >= 4 is 44.0 Å². The van der Waals surface area contributed by atoms with Crippen LogP contribution < -0.4 is 10.0 Å². The first-order valence-corrected chi connectivity index (χ1v) is 11.9. The minimum atomic E-state index is -3.87. The maximum atomic E-state index is 13.1. The van der Waals surface area contributed by atoms with E-state index in [1.165, 1.54) is 4.90 Å². The Kier molecular flexibility index (Phi) is 5.39. The normalized spacial score (nSPS) is 15.8. The highest BCUT2D eigenvalue weighted by molar-refractivity contribution is 7.91. The maximum Gasteiger partial charge on any atom is 0.249 e. The van der Waals surface area contributed by atoms with Crippen LogP contribution >= 0.6 is 22.9 Å². The molecule has 1 aromatic carbocycles. The van der Waals surface area contributed by atoms with Gasteiger partial charge in [0.25, 0.3) is 0 Å². The number of carbonyl (C=O) groups excluding carboxylic acids is 1. The van der Waals surface area contributed by atoms with E-state index in [1.807, 2.05) is 30.3 Å². The van der Waals surface area contributed by atoms with Crippen molar-refractivity contribution in [2.24, 2.45) is 11.1 Å². The first-order chi connectivity index (χ1) is 14.1. The van der Waals surface area contributed by atoms with Gasteiger partial charge < -0.3 is 0 Å². The highest BCUT2D eigenvalue weighted by Gasteiger charge is 2.32. The molecule has 0 fully saturated rings. The van der Waals surface area contributed by atoms with Gasteiger partial charge in [-0.2, -0.15) is 0 Å². The van der Waals surface area contributed by atoms with E-state index in [0.29, 0.717) is 28.7 Å². The Morgan fingerprint density at radius 1 is 1.27 bits per heavy atom. The van der Waals surface area contributed by atoms with Gasteiger partial charge in [0, 0.05) is 24.7 Å². The summed E-state index contributed by atoms with van der Waals surface area (Å²) in [6, 6.07) is 9.55. The Labute approximate surface area is 183 Å². The summed E-state index contributed by atoms with van der Waals surface area (Å²) in [5, 5.41) is 6.13. The van der Waals surface area contributed by atoms with Gasteiger partial charge in [-0.15, -0.1) is 0 Å². The number of nitrogens with two attached hydrogens (primary N) is 1. The number of sulfonamides is 1. The molecule has 3 aromatic rings. The van der Waals surface area contributed by atoms with Gasteiger partial charge in [0.2, 0.25) is 15.9 Å². The molecule has 0 aliphatic heterocycles. The number of amides is 1. The van der Waals surface area contributed by atoms with Gasteiger partial charge in [-0.25, -0.2) is 18.5 Å². The number of anilines is 1. The summed E-state index contributed by atoms with van der Waals surface area (Å²) in [5.41, 5.74) is 4.01. The van der Waals surface area contributed by atoms with Crippen molar-refractivity contribution in [1.82, 2.24) is 9.97 Å². The molecule has 2 aromatic heterocycles. The molecule has 1 aliphatic carbocycles. The first kappa shape index (κ1) is 20.9. The Morgan fingerprint density at radius 3 is 2.57 bits per heavy atom. The summed E-state index contributed by atoms with van der Waals surface area (Å²) in [6.07, 6.45) is 2.85. The molecule has 0 saturated heterocycles. The number of carbonyl (C=O) groups is 1. The quantitative estimate of drug-likeness (QED) is 0.640. The van der Waals surface area contributed by atoms with Crippen LogP contribution in [0, 0.1) is 12.8 Å². The molecule has 0 radical (unpaired) electrons. The lowest BCUT2D eigenvalue weighted by atomic mass is 10.0. The molecular weight excluding hydrogens is 444 g/mol. The molecule has 10 heteroatoms. The van der Waals surface area contributed by atoms with Gasteiger partial charge in [0.15, 0.2) is 9.34 Å². The molecule has 1 amide bonds. The first-order valence-electron chi connectivity index (χ1n) is 9.15. The van der Waals surface area contributed by atoms with Crippen LogP contribution in [0.1, 0.15) is 16.8 Å². The van der Waals surface area contributed by atoms with Crippen LogP contribution in [0.25, 0.3) is 11.3 Å². The average Bonchev–Trinajstić information content (AvgIpc) is 3.29. The van der Waals surface area contributed by atoms with Gasteiger partial charge in [0.05, 0.1) is 16.4 Å². The largest absolute Gasteiger partial charge is 0.291 e. The lowest BCUT2D eigenvalue weighted by Crippen LogP contribution is -2.33. The van der Waals surface area contributed by atoms with E-state index < -0.39 is 10.0 Å². The highest BCUT2D eigenvalue weighted by atomic mass is 35.5. The fourth-order valence-electron chi connectivity index (χ4n) is 3.68. The molecule has 1 aliphatic rings. The fourth-order valence-corrected chi connectivity index (χ4v) is 5.88. The van der Waals surface area contributed by atoms with Crippen LogP contribution in [0.2, 0.25) is 5.02 Å². The van der Waals surface area contributed by atoms with Crippen molar-refractivity contribution in [1.29, 1.82) is 0 Å². The van der Waals surface area contributed by atoms with Gasteiger partial charge in [-0.05, 0) is 55.2 Å². The number of hydrogen-bond donors (Lipinski definition) is 1. The highest BCUT2D eigenvalue weighted by Crippen LogP contribution is 2.37. The number of thiazole rings is 1. The van der Waals surface area contributed by atoms with E-state index >= 15 is 0 Å². The third-order valence-corrected chi connectivity index (χ3v) is 8.23. The predicted octanol–water partition coefficient (Wildman–Crippen LogP) is 3.19. The molecule has 0 bridgehead atoms. The average molecular weight is 463 g/mol. The second-order valence-corrected chi connectivity index (χ2v) is 10.4. The van der Waals surface area contributed by atoms with E-state index in [2.05, 4.69) is 9.97 Å². The molecule has 0 spiro atoms. The summed E-state index contributed by atoms with van der Waals surface area (Å²) < 4.78 is 23.3. The molecule has 1 atom stereocenters. The molecule has 156 valence electrons. The number of fused-ring (bicyclic) bond motifs is 1. The molecule has 1 unspecified atom stereocenters.